The van der Waals surface area contributed by atoms with Crippen molar-refractivity contribution in [2.75, 3.05) is 19.0 Å². The van der Waals surface area contributed by atoms with Crippen LogP contribution in [0.5, 0.6) is 0 Å². The quantitative estimate of drug-likeness (QED) is 0.344. The van der Waals surface area contributed by atoms with E-state index in [1.165, 1.54) is 5.56 Å². The molecule has 1 amide bonds. The first-order valence-corrected chi connectivity index (χ1v) is 10.7. The summed E-state index contributed by atoms with van der Waals surface area (Å²) < 4.78 is 2.28. The van der Waals surface area contributed by atoms with Gasteiger partial charge in [0.15, 0.2) is 0 Å². The number of nitrogens with zero attached hydrogens (tertiary/aromatic N) is 3. The number of fused-ring (bicyclic) bond motifs is 1. The second kappa shape index (κ2) is 9.52. The summed E-state index contributed by atoms with van der Waals surface area (Å²) in [6, 6.07) is 26.6. The molecule has 1 heterocycles. The van der Waals surface area contributed by atoms with Gasteiger partial charge in [0, 0.05) is 42.9 Å². The van der Waals surface area contributed by atoms with E-state index in [2.05, 4.69) is 58.4 Å². The first kappa shape index (κ1) is 21.4. The van der Waals surface area contributed by atoms with Crippen molar-refractivity contribution < 1.29 is 4.79 Å². The first-order valence-electron chi connectivity index (χ1n) is 10.7. The fourth-order valence-electron chi connectivity index (χ4n) is 3.93. The van der Waals surface area contributed by atoms with E-state index in [0.717, 1.165) is 40.0 Å². The number of carbonyl (C=O) groups excluding carboxylic acids is 1. The number of rotatable bonds is 7. The van der Waals surface area contributed by atoms with Gasteiger partial charge in [-0.05, 0) is 41.8 Å². The molecule has 4 rings (SSSR count). The molecule has 4 aromatic rings. The van der Waals surface area contributed by atoms with Gasteiger partial charge in [-0.15, -0.1) is 0 Å². The molecule has 0 aliphatic rings. The second-order valence-electron chi connectivity index (χ2n) is 8.11. The monoisotopic (exact) mass is 424 g/mol. The highest BCUT2D eigenvalue weighted by molar-refractivity contribution is 5.91. The van der Waals surface area contributed by atoms with E-state index in [4.69, 9.17) is 0 Å². The Morgan fingerprint density at radius 2 is 1.66 bits per heavy atom. The van der Waals surface area contributed by atoms with Gasteiger partial charge < -0.3 is 9.47 Å². The van der Waals surface area contributed by atoms with Crippen LogP contribution in [0.25, 0.3) is 10.9 Å². The average molecular weight is 425 g/mol. The molecule has 0 spiro atoms. The van der Waals surface area contributed by atoms with Gasteiger partial charge in [0.1, 0.15) is 0 Å². The van der Waals surface area contributed by atoms with Gasteiger partial charge in [-0.1, -0.05) is 60.7 Å². The summed E-state index contributed by atoms with van der Waals surface area (Å²) in [6.07, 6.45) is 1.95. The fraction of sp³-hybridized carbons (Fsp3) is 0.185. The van der Waals surface area contributed by atoms with E-state index in [-0.39, 0.29) is 12.3 Å². The summed E-state index contributed by atoms with van der Waals surface area (Å²) in [7, 11) is 4.00. The molecule has 0 atom stereocenters. The molecule has 32 heavy (non-hydrogen) atoms. The van der Waals surface area contributed by atoms with E-state index >= 15 is 0 Å². The highest BCUT2D eigenvalue weighted by atomic mass is 16.2. The Kier molecular flexibility index (Phi) is 6.36. The molecule has 0 saturated heterocycles. The number of carbonyl (C=O) groups is 1. The maximum atomic E-state index is 12.7. The molecule has 1 aromatic heterocycles. The Hall–Kier alpha value is -3.86. The Morgan fingerprint density at radius 1 is 0.969 bits per heavy atom. The van der Waals surface area contributed by atoms with E-state index in [1.807, 2.05) is 61.5 Å². The van der Waals surface area contributed by atoms with Crippen LogP contribution in [0.1, 0.15) is 22.4 Å². The lowest BCUT2D eigenvalue weighted by Gasteiger charge is -2.11. The number of amides is 1. The van der Waals surface area contributed by atoms with Crippen LogP contribution < -0.4 is 10.3 Å². The van der Waals surface area contributed by atoms with Crippen molar-refractivity contribution in [1.82, 2.24) is 9.99 Å². The van der Waals surface area contributed by atoms with E-state index in [1.54, 1.807) is 6.21 Å². The van der Waals surface area contributed by atoms with Gasteiger partial charge >= 0.3 is 0 Å². The third kappa shape index (κ3) is 4.72. The SMILES string of the molecule is Cc1c(CC(=O)N/N=C\c2ccc(N(C)C)cc2)c2ccccc2n1Cc1ccccc1. The van der Waals surface area contributed by atoms with Crippen LogP contribution in [0.3, 0.4) is 0 Å². The summed E-state index contributed by atoms with van der Waals surface area (Å²) in [5.74, 6) is -0.128. The lowest BCUT2D eigenvalue weighted by molar-refractivity contribution is -0.120. The van der Waals surface area contributed by atoms with E-state index in [9.17, 15) is 4.79 Å². The normalized spacial score (nSPS) is 11.2. The molecule has 0 radical (unpaired) electrons. The second-order valence-corrected chi connectivity index (χ2v) is 8.11. The standard InChI is InChI=1S/C27H28N4O/c1-20-25(17-27(32)29-28-18-21-13-15-23(16-14-21)30(2)3)24-11-7-8-12-26(24)31(20)19-22-9-5-4-6-10-22/h4-16,18H,17,19H2,1-3H3,(H,29,32)/b28-18-. The third-order valence-electron chi connectivity index (χ3n) is 5.69. The summed E-state index contributed by atoms with van der Waals surface area (Å²) in [6.45, 7) is 2.86. The van der Waals surface area contributed by atoms with Crippen LogP contribution in [0.4, 0.5) is 5.69 Å². The first-order chi connectivity index (χ1) is 15.5. The van der Waals surface area contributed by atoms with Crippen molar-refractivity contribution in [3.05, 3.63) is 101 Å². The predicted molar refractivity (Wildman–Crippen MR) is 132 cm³/mol. The van der Waals surface area contributed by atoms with Gasteiger partial charge in [-0.2, -0.15) is 5.10 Å². The molecule has 5 heteroatoms. The highest BCUT2D eigenvalue weighted by Crippen LogP contribution is 2.27. The molecule has 0 bridgehead atoms. The van der Waals surface area contributed by atoms with Crippen molar-refractivity contribution >= 4 is 28.7 Å². The van der Waals surface area contributed by atoms with E-state index in [0.29, 0.717) is 0 Å². The van der Waals surface area contributed by atoms with Crippen LogP contribution in [-0.4, -0.2) is 30.8 Å². The lowest BCUT2D eigenvalue weighted by Crippen LogP contribution is -2.20. The minimum atomic E-state index is -0.128. The number of para-hydroxylation sites is 1. The molecule has 0 fully saturated rings. The molecule has 0 saturated carbocycles. The minimum absolute atomic E-state index is 0.128. The number of aromatic nitrogens is 1. The van der Waals surface area contributed by atoms with Crippen molar-refractivity contribution in [2.45, 2.75) is 19.9 Å². The van der Waals surface area contributed by atoms with Crippen LogP contribution in [0, 0.1) is 6.92 Å². The van der Waals surface area contributed by atoms with Crippen LogP contribution in [-0.2, 0) is 17.8 Å². The Bertz CT molecular complexity index is 1240. The maximum Gasteiger partial charge on any atom is 0.244 e. The molecule has 0 aliphatic heterocycles. The van der Waals surface area contributed by atoms with Gasteiger partial charge in [-0.25, -0.2) is 5.43 Å². The van der Waals surface area contributed by atoms with Gasteiger partial charge in [0.05, 0.1) is 12.6 Å². The van der Waals surface area contributed by atoms with Crippen molar-refractivity contribution in [3.63, 3.8) is 0 Å². The third-order valence-corrected chi connectivity index (χ3v) is 5.69. The molecular formula is C27H28N4O. The van der Waals surface area contributed by atoms with Crippen molar-refractivity contribution in [2.24, 2.45) is 5.10 Å². The number of hydrogen-bond donors (Lipinski definition) is 1. The summed E-state index contributed by atoms with van der Waals surface area (Å²) >= 11 is 0. The van der Waals surface area contributed by atoms with Crippen LogP contribution >= 0.6 is 0 Å². The lowest BCUT2D eigenvalue weighted by atomic mass is 10.1. The molecule has 1 N–H and O–H groups in total. The van der Waals surface area contributed by atoms with Crippen LogP contribution in [0.15, 0.2) is 84.0 Å². The predicted octanol–water partition coefficient (Wildman–Crippen LogP) is 4.76. The average Bonchev–Trinajstić information content (AvgIpc) is 3.06. The zero-order chi connectivity index (χ0) is 22.5. The number of hydrogen-bond acceptors (Lipinski definition) is 3. The largest absolute Gasteiger partial charge is 0.378 e. The zero-order valence-corrected chi connectivity index (χ0v) is 18.7. The summed E-state index contributed by atoms with van der Waals surface area (Å²) in [5, 5.41) is 5.26. The number of benzene rings is 3. The smallest absolute Gasteiger partial charge is 0.244 e. The number of nitrogens with one attached hydrogen (secondary N) is 1. The molecule has 162 valence electrons. The minimum Gasteiger partial charge on any atom is -0.378 e. The molecule has 0 unspecified atom stereocenters. The fourth-order valence-corrected chi connectivity index (χ4v) is 3.93. The number of anilines is 1. The van der Waals surface area contributed by atoms with Gasteiger partial charge in [0.2, 0.25) is 5.91 Å². The Morgan fingerprint density at radius 3 is 2.38 bits per heavy atom. The molecule has 3 aromatic carbocycles. The van der Waals surface area contributed by atoms with Crippen molar-refractivity contribution in [3.8, 4) is 0 Å². The Balaban J connectivity index is 1.50. The number of hydrazone groups is 1. The van der Waals surface area contributed by atoms with E-state index < -0.39 is 0 Å². The van der Waals surface area contributed by atoms with Gasteiger partial charge in [0.25, 0.3) is 0 Å². The molecule has 0 aliphatic carbocycles. The summed E-state index contributed by atoms with van der Waals surface area (Å²) in [5.41, 5.74) is 9.25. The Labute approximate surface area is 189 Å². The zero-order valence-electron chi connectivity index (χ0n) is 18.7. The summed E-state index contributed by atoms with van der Waals surface area (Å²) in [4.78, 5) is 14.7. The molecular weight excluding hydrogens is 396 g/mol. The van der Waals surface area contributed by atoms with Gasteiger partial charge in [-0.3, -0.25) is 4.79 Å². The maximum absolute atomic E-state index is 12.7. The topological polar surface area (TPSA) is 49.6 Å². The van der Waals surface area contributed by atoms with Crippen LogP contribution in [0.2, 0.25) is 0 Å². The highest BCUT2D eigenvalue weighted by Gasteiger charge is 2.16. The van der Waals surface area contributed by atoms with Crippen molar-refractivity contribution in [1.29, 1.82) is 0 Å². The molecule has 5 nitrogen and oxygen atoms in total.